The van der Waals surface area contributed by atoms with Crippen molar-refractivity contribution in [2.45, 2.75) is 25.8 Å². The molecule has 0 spiro atoms. The van der Waals surface area contributed by atoms with E-state index in [1.165, 1.54) is 0 Å². The van der Waals surface area contributed by atoms with Gasteiger partial charge in [-0.05, 0) is 25.5 Å². The number of rotatable bonds is 5. The maximum Gasteiger partial charge on any atom is 0.303 e. The molecule has 2 N–H and O–H groups in total. The lowest BCUT2D eigenvalue weighted by Gasteiger charge is -2.13. The van der Waals surface area contributed by atoms with Crippen molar-refractivity contribution in [3.05, 3.63) is 23.9 Å². The summed E-state index contributed by atoms with van der Waals surface area (Å²) in [6.45, 7) is 1.88. The number of aromatic nitrogens is 1. The highest BCUT2D eigenvalue weighted by Gasteiger charge is 2.06. The smallest absolute Gasteiger partial charge is 0.303 e. The molecule has 0 fully saturated rings. The number of nitrogens with zero attached hydrogens (tertiary/aromatic N) is 2. The van der Waals surface area contributed by atoms with Gasteiger partial charge in [-0.15, -0.1) is 0 Å². The second-order valence-corrected chi connectivity index (χ2v) is 3.50. The number of carboxylic acid groups (broad SMARTS) is 1. The first kappa shape index (κ1) is 12.0. The van der Waals surface area contributed by atoms with E-state index in [2.05, 4.69) is 10.3 Å². The van der Waals surface area contributed by atoms with Gasteiger partial charge in [-0.2, -0.15) is 5.26 Å². The summed E-state index contributed by atoms with van der Waals surface area (Å²) >= 11 is 0. The number of aliphatic carboxylic acids is 1. The Bertz CT molecular complexity index is 412. The van der Waals surface area contributed by atoms with E-state index in [-0.39, 0.29) is 12.5 Å². The van der Waals surface area contributed by atoms with Gasteiger partial charge in [0.05, 0.1) is 0 Å². The van der Waals surface area contributed by atoms with E-state index in [4.69, 9.17) is 10.4 Å². The minimum absolute atomic E-state index is 0.0116. The van der Waals surface area contributed by atoms with Crippen molar-refractivity contribution >= 4 is 11.8 Å². The molecule has 5 heteroatoms. The lowest BCUT2D eigenvalue weighted by molar-refractivity contribution is -0.137. The van der Waals surface area contributed by atoms with Crippen LogP contribution in [0.5, 0.6) is 0 Å². The molecule has 0 radical (unpaired) electrons. The molecule has 84 valence electrons. The summed E-state index contributed by atoms with van der Waals surface area (Å²) in [5.74, 6) is -0.218. The van der Waals surface area contributed by atoms with Crippen LogP contribution in [0.2, 0.25) is 0 Å². The van der Waals surface area contributed by atoms with Gasteiger partial charge < -0.3 is 10.4 Å². The van der Waals surface area contributed by atoms with E-state index < -0.39 is 5.97 Å². The minimum atomic E-state index is -0.813. The number of nitriles is 1. The van der Waals surface area contributed by atoms with Crippen molar-refractivity contribution in [1.29, 1.82) is 5.26 Å². The van der Waals surface area contributed by atoms with Crippen molar-refractivity contribution in [2.24, 2.45) is 0 Å². The molecule has 1 unspecified atom stereocenters. The zero-order chi connectivity index (χ0) is 12.0. The molecule has 0 aliphatic heterocycles. The van der Waals surface area contributed by atoms with Crippen LogP contribution in [0, 0.1) is 11.3 Å². The fraction of sp³-hybridized carbons (Fsp3) is 0.364. The number of nitrogens with one attached hydrogen (secondary N) is 1. The van der Waals surface area contributed by atoms with E-state index in [9.17, 15) is 4.79 Å². The number of hydrogen-bond donors (Lipinski definition) is 2. The van der Waals surface area contributed by atoms with Crippen LogP contribution in [0.15, 0.2) is 18.2 Å². The van der Waals surface area contributed by atoms with Crippen LogP contribution in [0.25, 0.3) is 0 Å². The Labute approximate surface area is 93.7 Å². The highest BCUT2D eigenvalue weighted by atomic mass is 16.4. The summed E-state index contributed by atoms with van der Waals surface area (Å²) in [6.07, 6.45) is 0.639. The average Bonchev–Trinajstić information content (AvgIpc) is 2.26. The normalized spacial score (nSPS) is 11.5. The minimum Gasteiger partial charge on any atom is -0.481 e. The van der Waals surface area contributed by atoms with Crippen molar-refractivity contribution in [3.8, 4) is 6.07 Å². The van der Waals surface area contributed by atoms with Crippen molar-refractivity contribution in [3.63, 3.8) is 0 Å². The molecular formula is C11H13N3O2. The van der Waals surface area contributed by atoms with Crippen LogP contribution >= 0.6 is 0 Å². The van der Waals surface area contributed by atoms with E-state index in [0.29, 0.717) is 17.9 Å². The Hall–Kier alpha value is -2.09. The maximum absolute atomic E-state index is 10.4. The standard InChI is InChI=1S/C11H13N3O2/c1-8(5-6-11(15)16)13-10-4-2-3-9(7-12)14-10/h2-4,8H,5-6H2,1H3,(H,13,14)(H,15,16). The molecule has 0 aliphatic carbocycles. The van der Waals surface area contributed by atoms with Crippen LogP contribution < -0.4 is 5.32 Å². The predicted molar refractivity (Wildman–Crippen MR) is 58.9 cm³/mol. The number of carboxylic acids is 1. The number of carbonyl (C=O) groups is 1. The Morgan fingerprint density at radius 2 is 2.44 bits per heavy atom. The van der Waals surface area contributed by atoms with Gasteiger partial charge in [0.2, 0.25) is 0 Å². The third-order valence-electron chi connectivity index (χ3n) is 2.05. The molecule has 0 saturated carbocycles. The Morgan fingerprint density at radius 1 is 1.69 bits per heavy atom. The third kappa shape index (κ3) is 3.96. The van der Waals surface area contributed by atoms with Gasteiger partial charge in [-0.1, -0.05) is 6.07 Å². The third-order valence-corrected chi connectivity index (χ3v) is 2.05. The average molecular weight is 219 g/mol. The zero-order valence-electron chi connectivity index (χ0n) is 8.97. The molecule has 0 aliphatic rings. The molecular weight excluding hydrogens is 206 g/mol. The molecule has 1 aromatic rings. The maximum atomic E-state index is 10.4. The first-order valence-electron chi connectivity index (χ1n) is 4.97. The second-order valence-electron chi connectivity index (χ2n) is 3.50. The van der Waals surface area contributed by atoms with Crippen LogP contribution in [0.1, 0.15) is 25.5 Å². The molecule has 0 saturated heterocycles. The largest absolute Gasteiger partial charge is 0.481 e. The quantitative estimate of drug-likeness (QED) is 0.785. The van der Waals surface area contributed by atoms with Crippen molar-refractivity contribution in [2.75, 3.05) is 5.32 Å². The molecule has 0 amide bonds. The van der Waals surface area contributed by atoms with Crippen molar-refractivity contribution < 1.29 is 9.90 Å². The van der Waals surface area contributed by atoms with Gasteiger partial charge in [0.1, 0.15) is 17.6 Å². The fourth-order valence-corrected chi connectivity index (χ4v) is 1.24. The Morgan fingerprint density at radius 3 is 3.06 bits per heavy atom. The summed E-state index contributed by atoms with van der Waals surface area (Å²) < 4.78 is 0. The summed E-state index contributed by atoms with van der Waals surface area (Å²) in [5, 5.41) is 20.2. The second kappa shape index (κ2) is 5.71. The van der Waals surface area contributed by atoms with Crippen molar-refractivity contribution in [1.82, 2.24) is 4.98 Å². The SMILES string of the molecule is CC(CCC(=O)O)Nc1cccc(C#N)n1. The van der Waals surface area contributed by atoms with Gasteiger partial charge in [-0.25, -0.2) is 4.98 Å². The van der Waals surface area contributed by atoms with Crippen LogP contribution in [-0.4, -0.2) is 22.1 Å². The van der Waals surface area contributed by atoms with Gasteiger partial charge in [0.25, 0.3) is 0 Å². The highest BCUT2D eigenvalue weighted by Crippen LogP contribution is 2.08. The summed E-state index contributed by atoms with van der Waals surface area (Å²) in [7, 11) is 0. The molecule has 1 heterocycles. The summed E-state index contributed by atoms with van der Waals surface area (Å²) in [4.78, 5) is 14.4. The Kier molecular flexibility index (Phi) is 4.28. The Balaban J connectivity index is 2.52. The first-order valence-corrected chi connectivity index (χ1v) is 4.97. The summed E-state index contributed by atoms with van der Waals surface area (Å²) in [6, 6.07) is 7.06. The van der Waals surface area contributed by atoms with E-state index in [0.717, 1.165) is 0 Å². The lowest BCUT2D eigenvalue weighted by atomic mass is 10.2. The predicted octanol–water partition coefficient (Wildman–Crippen LogP) is 1.62. The molecule has 1 rings (SSSR count). The topological polar surface area (TPSA) is 86.0 Å². The van der Waals surface area contributed by atoms with Gasteiger partial charge in [0.15, 0.2) is 0 Å². The molecule has 0 bridgehead atoms. The lowest BCUT2D eigenvalue weighted by Crippen LogP contribution is -2.17. The molecule has 1 atom stereocenters. The van der Waals surface area contributed by atoms with Crippen LogP contribution in [0.3, 0.4) is 0 Å². The van der Waals surface area contributed by atoms with E-state index in [1.54, 1.807) is 18.2 Å². The first-order chi connectivity index (χ1) is 7.61. The number of hydrogen-bond acceptors (Lipinski definition) is 4. The fourth-order valence-electron chi connectivity index (χ4n) is 1.24. The number of anilines is 1. The van der Waals surface area contributed by atoms with Gasteiger partial charge in [0, 0.05) is 12.5 Å². The van der Waals surface area contributed by atoms with Crippen LogP contribution in [0.4, 0.5) is 5.82 Å². The van der Waals surface area contributed by atoms with E-state index in [1.807, 2.05) is 13.0 Å². The monoisotopic (exact) mass is 219 g/mol. The zero-order valence-corrected chi connectivity index (χ0v) is 8.97. The molecule has 1 aromatic heterocycles. The number of pyridine rings is 1. The molecule has 5 nitrogen and oxygen atoms in total. The molecule has 16 heavy (non-hydrogen) atoms. The van der Waals surface area contributed by atoms with E-state index >= 15 is 0 Å². The molecule has 0 aromatic carbocycles. The highest BCUT2D eigenvalue weighted by molar-refractivity contribution is 5.66. The summed E-state index contributed by atoms with van der Waals surface area (Å²) in [5.41, 5.74) is 0.343. The van der Waals surface area contributed by atoms with Crippen LogP contribution in [-0.2, 0) is 4.79 Å². The van der Waals surface area contributed by atoms with Gasteiger partial charge >= 0.3 is 5.97 Å². The van der Waals surface area contributed by atoms with Gasteiger partial charge in [-0.3, -0.25) is 4.79 Å².